The fourth-order valence-electron chi connectivity index (χ4n) is 2.86. The molecule has 0 bridgehead atoms. The Balaban J connectivity index is 0.00000196. The maximum atomic E-state index is 12.5. The molecule has 4 nitrogen and oxygen atoms in total. The lowest BCUT2D eigenvalue weighted by Gasteiger charge is -2.03. The van der Waals surface area contributed by atoms with E-state index in [9.17, 15) is 9.59 Å². The first kappa shape index (κ1) is 24.4. The highest BCUT2D eigenvalue weighted by Crippen LogP contribution is 2.10. The van der Waals surface area contributed by atoms with E-state index >= 15 is 0 Å². The number of Topliss-reactive ketones (excluding diaryl/α,β-unsaturated/α-hetero) is 2. The Morgan fingerprint density at radius 2 is 1.00 bits per heavy atom. The van der Waals surface area contributed by atoms with Crippen LogP contribution in [0.1, 0.15) is 32.1 Å². The number of benzene rings is 1. The first-order valence-corrected chi connectivity index (χ1v) is 8.58. The average molecular weight is 600 g/mol. The van der Waals surface area contributed by atoms with Crippen molar-refractivity contribution in [1.82, 2.24) is 0 Å². The summed E-state index contributed by atoms with van der Waals surface area (Å²) in [6.45, 7) is 0. The molecule has 0 atom stereocenters. The maximum absolute atomic E-state index is 12.5. The van der Waals surface area contributed by atoms with Crippen LogP contribution in [0.15, 0.2) is 73.1 Å². The molecule has 0 amide bonds. The molecule has 2 heterocycles. The van der Waals surface area contributed by atoms with Gasteiger partial charge in [0.1, 0.15) is 14.1 Å². The molecule has 0 radical (unpaired) electrons. The van der Waals surface area contributed by atoms with E-state index in [1.165, 1.54) is 0 Å². The number of carbonyl (C=O) groups is 2. The molecule has 0 aliphatic rings. The van der Waals surface area contributed by atoms with Gasteiger partial charge < -0.3 is 48.0 Å². The number of pyridine rings is 2. The number of hydrogen-bond acceptors (Lipinski definition) is 2. The highest BCUT2D eigenvalue weighted by molar-refractivity contribution is 6.00. The van der Waals surface area contributed by atoms with Gasteiger partial charge in [0.15, 0.2) is 35.3 Å². The summed E-state index contributed by atoms with van der Waals surface area (Å²) >= 11 is 0. The van der Waals surface area contributed by atoms with E-state index in [0.29, 0.717) is 24.0 Å². The summed E-state index contributed by atoms with van der Waals surface area (Å²) in [6.07, 6.45) is 4.52. The minimum Gasteiger partial charge on any atom is -1.00 e. The average Bonchev–Trinajstić information content (AvgIpc) is 2.65. The second-order valence-corrected chi connectivity index (χ2v) is 6.38. The van der Waals surface area contributed by atoms with Gasteiger partial charge >= 0.3 is 0 Å². The molecule has 0 spiro atoms. The van der Waals surface area contributed by atoms with E-state index in [4.69, 9.17) is 0 Å². The molecule has 0 unspecified atom stereocenters. The van der Waals surface area contributed by atoms with Gasteiger partial charge in [-0.3, -0.25) is 9.59 Å². The van der Waals surface area contributed by atoms with Gasteiger partial charge in [-0.2, -0.15) is 0 Å². The highest BCUT2D eigenvalue weighted by atomic mass is 127. The summed E-state index contributed by atoms with van der Waals surface area (Å²) < 4.78 is 3.88. The largest absolute Gasteiger partial charge is 1.00 e. The monoisotopic (exact) mass is 600 g/mol. The van der Waals surface area contributed by atoms with Gasteiger partial charge in [-0.15, -0.1) is 0 Å². The van der Waals surface area contributed by atoms with Crippen molar-refractivity contribution in [3.05, 3.63) is 95.6 Å². The predicted molar refractivity (Wildman–Crippen MR) is 97.7 cm³/mol. The van der Waals surface area contributed by atoms with Crippen LogP contribution in [0.25, 0.3) is 0 Å². The van der Waals surface area contributed by atoms with Crippen LogP contribution in [-0.2, 0) is 26.9 Å². The van der Waals surface area contributed by atoms with Crippen LogP contribution in [0.3, 0.4) is 0 Å². The van der Waals surface area contributed by atoms with Crippen molar-refractivity contribution >= 4 is 11.6 Å². The van der Waals surface area contributed by atoms with Crippen molar-refractivity contribution in [3.63, 3.8) is 0 Å². The smallest absolute Gasteiger partial charge is 0.188 e. The van der Waals surface area contributed by atoms with E-state index in [1.54, 1.807) is 24.3 Å². The molecule has 0 saturated carbocycles. The third-order valence-corrected chi connectivity index (χ3v) is 4.54. The summed E-state index contributed by atoms with van der Waals surface area (Å²) in [5.74, 6) is 0.0838. The Morgan fingerprint density at radius 3 is 1.32 bits per heavy atom. The van der Waals surface area contributed by atoms with Crippen LogP contribution < -0.4 is 57.1 Å². The minimum atomic E-state index is 0. The third-order valence-electron chi connectivity index (χ3n) is 4.54. The van der Waals surface area contributed by atoms with Gasteiger partial charge in [0.05, 0.1) is 12.8 Å². The molecule has 28 heavy (non-hydrogen) atoms. The van der Waals surface area contributed by atoms with Gasteiger partial charge in [-0.1, -0.05) is 36.4 Å². The van der Waals surface area contributed by atoms with Crippen molar-refractivity contribution in [1.29, 1.82) is 0 Å². The second kappa shape index (κ2) is 11.4. The first-order chi connectivity index (χ1) is 12.5. The molecule has 0 N–H and O–H groups in total. The molecule has 3 aromatic rings. The molecule has 0 aliphatic heterocycles. The lowest BCUT2D eigenvalue weighted by Crippen LogP contribution is -3.00. The molecule has 3 rings (SSSR count). The van der Waals surface area contributed by atoms with Crippen molar-refractivity contribution in [2.75, 3.05) is 0 Å². The topological polar surface area (TPSA) is 41.9 Å². The summed E-state index contributed by atoms with van der Waals surface area (Å²) in [6, 6.07) is 18.6. The molecule has 6 heteroatoms. The Labute approximate surface area is 199 Å². The number of halogens is 2. The summed E-state index contributed by atoms with van der Waals surface area (Å²) in [4.78, 5) is 25.0. The van der Waals surface area contributed by atoms with Crippen LogP contribution in [0.4, 0.5) is 0 Å². The quantitative estimate of drug-likeness (QED) is 0.166. The van der Waals surface area contributed by atoms with Crippen LogP contribution in [-0.4, -0.2) is 11.6 Å². The number of nitrogens with zero attached hydrogens (tertiary/aromatic N) is 2. The molecule has 0 saturated heterocycles. The number of aryl methyl sites for hydroxylation is 2. The van der Waals surface area contributed by atoms with Crippen LogP contribution in [0.2, 0.25) is 0 Å². The zero-order valence-corrected chi connectivity index (χ0v) is 20.1. The number of carbonyl (C=O) groups excluding carboxylic acids is 2. The van der Waals surface area contributed by atoms with Crippen molar-refractivity contribution < 1.29 is 66.7 Å². The molecular formula is C22H22I2N2O2. The Hall–Kier alpha value is -1.68. The lowest BCUT2D eigenvalue weighted by atomic mass is 10.0. The SMILES string of the molecule is C[n+]1ccccc1CC(=O)c1ccc(C(=O)Cc2cccc[n+]2C)cc1.[I-].[I-]. The van der Waals surface area contributed by atoms with E-state index in [2.05, 4.69) is 0 Å². The Kier molecular flexibility index (Phi) is 9.88. The highest BCUT2D eigenvalue weighted by Gasteiger charge is 2.16. The zero-order chi connectivity index (χ0) is 18.5. The number of ketones is 2. The molecular weight excluding hydrogens is 578 g/mol. The van der Waals surface area contributed by atoms with Crippen LogP contribution in [0.5, 0.6) is 0 Å². The van der Waals surface area contributed by atoms with E-state index in [-0.39, 0.29) is 59.5 Å². The van der Waals surface area contributed by atoms with Gasteiger partial charge in [0.2, 0.25) is 0 Å². The van der Waals surface area contributed by atoms with Crippen molar-refractivity contribution in [2.24, 2.45) is 14.1 Å². The van der Waals surface area contributed by atoms with Crippen LogP contribution >= 0.6 is 0 Å². The summed E-state index contributed by atoms with van der Waals surface area (Å²) in [5, 5.41) is 0. The Morgan fingerprint density at radius 1 is 0.643 bits per heavy atom. The number of aromatic nitrogens is 2. The van der Waals surface area contributed by atoms with Crippen molar-refractivity contribution in [3.8, 4) is 0 Å². The van der Waals surface area contributed by atoms with Crippen molar-refractivity contribution in [2.45, 2.75) is 12.8 Å². The lowest BCUT2D eigenvalue weighted by molar-refractivity contribution is -0.678. The summed E-state index contributed by atoms with van der Waals surface area (Å²) in [5.41, 5.74) is 3.15. The number of rotatable bonds is 6. The van der Waals surface area contributed by atoms with E-state index < -0.39 is 0 Å². The Bertz CT molecular complexity index is 878. The molecule has 0 fully saturated rings. The van der Waals surface area contributed by atoms with Gasteiger partial charge in [0.25, 0.3) is 0 Å². The van der Waals surface area contributed by atoms with Crippen LogP contribution in [0, 0.1) is 0 Å². The third kappa shape index (κ3) is 6.16. The standard InChI is InChI=1S/C22H22N2O2.2HI/c1-23-13-5-3-7-19(23)15-21(25)17-9-11-18(12-10-17)22(26)16-20-8-4-6-14-24(20)2;;/h3-14H,15-16H2,1-2H3;2*1H/q+2;;/p-2. The molecule has 0 aliphatic carbocycles. The minimum absolute atomic E-state index is 0. The molecule has 1 aromatic carbocycles. The van der Waals surface area contributed by atoms with Gasteiger partial charge in [0, 0.05) is 35.4 Å². The normalized spacial score (nSPS) is 9.79. The molecule has 146 valence electrons. The first-order valence-electron chi connectivity index (χ1n) is 8.58. The second-order valence-electron chi connectivity index (χ2n) is 6.38. The van der Waals surface area contributed by atoms with Gasteiger partial charge in [-0.05, 0) is 0 Å². The molecule has 2 aromatic heterocycles. The predicted octanol–water partition coefficient (Wildman–Crippen LogP) is -3.81. The fourth-order valence-corrected chi connectivity index (χ4v) is 2.86. The van der Waals surface area contributed by atoms with E-state index in [1.807, 2.05) is 72.0 Å². The number of hydrogen-bond donors (Lipinski definition) is 0. The maximum Gasteiger partial charge on any atom is 0.188 e. The summed E-state index contributed by atoms with van der Waals surface area (Å²) in [7, 11) is 3.85. The van der Waals surface area contributed by atoms with Gasteiger partial charge in [-0.25, -0.2) is 9.13 Å². The van der Waals surface area contributed by atoms with E-state index in [0.717, 1.165) is 11.4 Å². The fraction of sp³-hybridized carbons (Fsp3) is 0.182. The zero-order valence-electron chi connectivity index (χ0n) is 15.8.